The molecule has 0 saturated carbocycles. The average Bonchev–Trinajstić information content (AvgIpc) is 2.87. The molecule has 118 valence electrons. The monoisotopic (exact) mass is 301 g/mol. The molecule has 1 aliphatic rings. The summed E-state index contributed by atoms with van der Waals surface area (Å²) < 4.78 is 7.17. The second-order valence-electron chi connectivity index (χ2n) is 5.71. The van der Waals surface area contributed by atoms with Gasteiger partial charge in [-0.1, -0.05) is 6.92 Å². The standard InChI is InChI=1S/C17H23N3O2/c1-3-19-8-6-16-14(11-19)13-10-12(17(21)22-2)4-5-15(13)20(16)9-7-18/h4-5,10H,3,6-9,11,18H2,1-2H3. The van der Waals surface area contributed by atoms with Gasteiger partial charge in [0.05, 0.1) is 12.7 Å². The molecule has 2 N–H and O–H groups in total. The Bertz CT molecular complexity index is 705. The zero-order chi connectivity index (χ0) is 15.7. The van der Waals surface area contributed by atoms with Crippen molar-refractivity contribution in [1.82, 2.24) is 9.47 Å². The molecule has 2 heterocycles. The van der Waals surface area contributed by atoms with Gasteiger partial charge in [0.25, 0.3) is 0 Å². The molecule has 2 aromatic rings. The zero-order valence-electron chi connectivity index (χ0n) is 13.3. The van der Waals surface area contributed by atoms with Crippen LogP contribution in [0.25, 0.3) is 10.9 Å². The summed E-state index contributed by atoms with van der Waals surface area (Å²) in [5, 5.41) is 1.16. The van der Waals surface area contributed by atoms with Crippen molar-refractivity contribution >= 4 is 16.9 Å². The van der Waals surface area contributed by atoms with Gasteiger partial charge in [-0.05, 0) is 30.3 Å². The molecule has 0 aliphatic carbocycles. The predicted molar refractivity (Wildman–Crippen MR) is 87.0 cm³/mol. The molecule has 1 aromatic heterocycles. The van der Waals surface area contributed by atoms with Gasteiger partial charge in [-0.3, -0.25) is 4.90 Å². The van der Waals surface area contributed by atoms with Crippen LogP contribution < -0.4 is 5.73 Å². The second-order valence-corrected chi connectivity index (χ2v) is 5.71. The molecule has 0 amide bonds. The number of aromatic nitrogens is 1. The number of nitrogens with zero attached hydrogens (tertiary/aromatic N) is 2. The molecule has 0 atom stereocenters. The number of nitrogens with two attached hydrogens (primary N) is 1. The van der Waals surface area contributed by atoms with Crippen molar-refractivity contribution in [2.24, 2.45) is 5.73 Å². The number of hydrogen-bond acceptors (Lipinski definition) is 4. The van der Waals surface area contributed by atoms with E-state index < -0.39 is 0 Å². The Balaban J connectivity index is 2.17. The van der Waals surface area contributed by atoms with Crippen LogP contribution in [-0.2, 0) is 24.2 Å². The van der Waals surface area contributed by atoms with Crippen LogP contribution in [0.15, 0.2) is 18.2 Å². The van der Waals surface area contributed by atoms with E-state index in [0.29, 0.717) is 12.1 Å². The first kappa shape index (κ1) is 15.1. The van der Waals surface area contributed by atoms with Gasteiger partial charge in [0.15, 0.2) is 0 Å². The van der Waals surface area contributed by atoms with Gasteiger partial charge in [0.2, 0.25) is 0 Å². The molecule has 0 bridgehead atoms. The van der Waals surface area contributed by atoms with E-state index in [0.717, 1.165) is 38.0 Å². The second kappa shape index (κ2) is 6.10. The lowest BCUT2D eigenvalue weighted by Crippen LogP contribution is -2.31. The van der Waals surface area contributed by atoms with E-state index in [-0.39, 0.29) is 5.97 Å². The van der Waals surface area contributed by atoms with E-state index in [1.807, 2.05) is 18.2 Å². The van der Waals surface area contributed by atoms with Gasteiger partial charge in [0, 0.05) is 49.2 Å². The minimum Gasteiger partial charge on any atom is -0.465 e. The third-order valence-electron chi connectivity index (χ3n) is 4.55. The Labute approximate surface area is 130 Å². The zero-order valence-corrected chi connectivity index (χ0v) is 13.3. The lowest BCUT2D eigenvalue weighted by atomic mass is 10.0. The molecule has 0 radical (unpaired) electrons. The topological polar surface area (TPSA) is 60.5 Å². The molecular weight excluding hydrogens is 278 g/mol. The van der Waals surface area contributed by atoms with E-state index in [1.54, 1.807) is 0 Å². The van der Waals surface area contributed by atoms with Crippen LogP contribution in [-0.4, -0.2) is 42.2 Å². The van der Waals surface area contributed by atoms with Gasteiger partial charge >= 0.3 is 5.97 Å². The molecule has 5 heteroatoms. The number of benzene rings is 1. The minimum atomic E-state index is -0.287. The third-order valence-corrected chi connectivity index (χ3v) is 4.55. The smallest absolute Gasteiger partial charge is 0.337 e. The predicted octanol–water partition coefficient (Wildman–Crippen LogP) is 1.76. The first-order valence-corrected chi connectivity index (χ1v) is 7.84. The van der Waals surface area contributed by atoms with Crippen molar-refractivity contribution < 1.29 is 9.53 Å². The number of carbonyl (C=O) groups is 1. The fraction of sp³-hybridized carbons (Fsp3) is 0.471. The van der Waals surface area contributed by atoms with Gasteiger partial charge in [-0.2, -0.15) is 0 Å². The molecule has 0 fully saturated rings. The number of ether oxygens (including phenoxy) is 1. The van der Waals surface area contributed by atoms with Crippen LogP contribution in [0.1, 0.15) is 28.5 Å². The lowest BCUT2D eigenvalue weighted by molar-refractivity contribution is 0.0601. The molecular formula is C17H23N3O2. The van der Waals surface area contributed by atoms with E-state index >= 15 is 0 Å². The fourth-order valence-electron chi connectivity index (χ4n) is 3.41. The minimum absolute atomic E-state index is 0.287. The first-order chi connectivity index (χ1) is 10.7. The average molecular weight is 301 g/mol. The van der Waals surface area contributed by atoms with Crippen LogP contribution in [0.2, 0.25) is 0 Å². The highest BCUT2D eigenvalue weighted by atomic mass is 16.5. The highest BCUT2D eigenvalue weighted by Crippen LogP contribution is 2.31. The summed E-state index contributed by atoms with van der Waals surface area (Å²) in [6.07, 6.45) is 1.03. The molecule has 0 saturated heterocycles. The van der Waals surface area contributed by atoms with E-state index in [1.165, 1.54) is 23.9 Å². The Morgan fingerprint density at radius 2 is 2.23 bits per heavy atom. The fourth-order valence-corrected chi connectivity index (χ4v) is 3.41. The first-order valence-electron chi connectivity index (χ1n) is 7.84. The third kappa shape index (κ3) is 2.40. The summed E-state index contributed by atoms with van der Waals surface area (Å²) in [7, 11) is 1.42. The maximum atomic E-state index is 11.8. The Hall–Kier alpha value is -1.85. The molecule has 22 heavy (non-hydrogen) atoms. The number of rotatable bonds is 4. The maximum Gasteiger partial charge on any atom is 0.337 e. The number of carbonyl (C=O) groups excluding carboxylic acids is 1. The van der Waals surface area contributed by atoms with Gasteiger partial charge < -0.3 is 15.0 Å². The van der Waals surface area contributed by atoms with Crippen molar-refractivity contribution in [1.29, 1.82) is 0 Å². The van der Waals surface area contributed by atoms with E-state index in [4.69, 9.17) is 10.5 Å². The van der Waals surface area contributed by atoms with Gasteiger partial charge in [-0.25, -0.2) is 4.79 Å². The highest BCUT2D eigenvalue weighted by molar-refractivity contribution is 5.96. The van der Waals surface area contributed by atoms with Crippen LogP contribution >= 0.6 is 0 Å². The summed E-state index contributed by atoms with van der Waals surface area (Å²) in [4.78, 5) is 14.2. The Kier molecular flexibility index (Phi) is 4.18. The van der Waals surface area contributed by atoms with Crippen LogP contribution in [0, 0.1) is 0 Å². The number of methoxy groups -OCH3 is 1. The van der Waals surface area contributed by atoms with Crippen molar-refractivity contribution in [3.63, 3.8) is 0 Å². The van der Waals surface area contributed by atoms with Crippen molar-refractivity contribution in [2.75, 3.05) is 26.7 Å². The van der Waals surface area contributed by atoms with Gasteiger partial charge in [0.1, 0.15) is 0 Å². The molecule has 3 rings (SSSR count). The largest absolute Gasteiger partial charge is 0.465 e. The van der Waals surface area contributed by atoms with E-state index in [2.05, 4.69) is 16.4 Å². The number of esters is 1. The normalized spacial score (nSPS) is 15.0. The lowest BCUT2D eigenvalue weighted by Gasteiger charge is -2.26. The Morgan fingerprint density at radius 3 is 2.91 bits per heavy atom. The van der Waals surface area contributed by atoms with Gasteiger partial charge in [-0.15, -0.1) is 0 Å². The van der Waals surface area contributed by atoms with Crippen LogP contribution in [0.4, 0.5) is 0 Å². The summed E-state index contributed by atoms with van der Waals surface area (Å²) in [6, 6.07) is 5.82. The Morgan fingerprint density at radius 1 is 1.41 bits per heavy atom. The molecule has 1 aromatic carbocycles. The van der Waals surface area contributed by atoms with Crippen LogP contribution in [0.3, 0.4) is 0 Å². The summed E-state index contributed by atoms with van der Waals surface area (Å²) in [5.74, 6) is -0.287. The molecule has 0 unspecified atom stereocenters. The summed E-state index contributed by atoms with van der Waals surface area (Å²) >= 11 is 0. The number of hydrogen-bond donors (Lipinski definition) is 1. The van der Waals surface area contributed by atoms with E-state index in [9.17, 15) is 4.79 Å². The molecule has 0 spiro atoms. The maximum absolute atomic E-state index is 11.8. The number of likely N-dealkylation sites (N-methyl/N-ethyl adjacent to an activating group) is 1. The SMILES string of the molecule is CCN1CCc2c(c3cc(C(=O)OC)ccc3n2CCN)C1. The van der Waals surface area contributed by atoms with Crippen molar-refractivity contribution in [2.45, 2.75) is 26.4 Å². The summed E-state index contributed by atoms with van der Waals surface area (Å²) in [5.41, 5.74) is 10.3. The quantitative estimate of drug-likeness (QED) is 0.874. The van der Waals surface area contributed by atoms with Crippen LogP contribution in [0.5, 0.6) is 0 Å². The molecule has 1 aliphatic heterocycles. The van der Waals surface area contributed by atoms with Crippen molar-refractivity contribution in [3.8, 4) is 0 Å². The highest BCUT2D eigenvalue weighted by Gasteiger charge is 2.23. The number of fused-ring (bicyclic) bond motifs is 3. The van der Waals surface area contributed by atoms with Crippen molar-refractivity contribution in [3.05, 3.63) is 35.0 Å². The summed E-state index contributed by atoms with van der Waals surface area (Å²) in [6.45, 7) is 6.67. The molecule has 5 nitrogen and oxygen atoms in total.